The predicted octanol–water partition coefficient (Wildman–Crippen LogP) is 3.15. The average molecular weight is 261 g/mol. The molecule has 4 heteroatoms. The molecule has 19 heavy (non-hydrogen) atoms. The number of hydrogen-bond donors (Lipinski definition) is 1. The van der Waals surface area contributed by atoms with Crippen molar-refractivity contribution < 1.29 is 9.13 Å². The predicted molar refractivity (Wildman–Crippen MR) is 72.1 cm³/mol. The summed E-state index contributed by atoms with van der Waals surface area (Å²) in [6.07, 6.45) is 3.60. The number of fused-ring (bicyclic) bond motifs is 1. The average Bonchev–Trinajstić information content (AvgIpc) is 2.33. The molecule has 0 bridgehead atoms. The van der Waals surface area contributed by atoms with Gasteiger partial charge in [-0.2, -0.15) is 0 Å². The molecule has 2 aromatic rings. The van der Waals surface area contributed by atoms with Crippen LogP contribution in [0, 0.1) is 18.7 Å². The first-order valence-electron chi connectivity index (χ1n) is 6.60. The third-order valence-corrected chi connectivity index (χ3v) is 3.84. The van der Waals surface area contributed by atoms with Gasteiger partial charge in [-0.3, -0.25) is 4.79 Å². The molecule has 1 heterocycles. The molecule has 1 aliphatic rings. The molecular weight excluding hydrogens is 245 g/mol. The van der Waals surface area contributed by atoms with Crippen molar-refractivity contribution in [1.29, 1.82) is 0 Å². The van der Waals surface area contributed by atoms with E-state index in [1.807, 2.05) is 0 Å². The Morgan fingerprint density at radius 3 is 2.89 bits per heavy atom. The Bertz CT molecular complexity index is 674. The molecule has 1 saturated carbocycles. The molecule has 0 aliphatic heterocycles. The second kappa shape index (κ2) is 4.68. The Labute approximate surface area is 110 Å². The van der Waals surface area contributed by atoms with Crippen molar-refractivity contribution in [3.63, 3.8) is 0 Å². The molecule has 1 N–H and O–H groups in total. The van der Waals surface area contributed by atoms with Gasteiger partial charge >= 0.3 is 0 Å². The van der Waals surface area contributed by atoms with Crippen LogP contribution in [0.4, 0.5) is 4.39 Å². The number of aromatic nitrogens is 1. The molecule has 0 unspecified atom stereocenters. The smallest absolute Gasteiger partial charge is 0.255 e. The van der Waals surface area contributed by atoms with Crippen LogP contribution < -0.4 is 10.3 Å². The van der Waals surface area contributed by atoms with Gasteiger partial charge < -0.3 is 9.72 Å². The zero-order valence-electron chi connectivity index (χ0n) is 10.8. The number of hydrogen-bond acceptors (Lipinski definition) is 2. The summed E-state index contributed by atoms with van der Waals surface area (Å²) in [6.45, 7) is 2.31. The minimum Gasteiger partial charge on any atom is -0.492 e. The van der Waals surface area contributed by atoms with Gasteiger partial charge in [0.25, 0.3) is 5.56 Å². The van der Waals surface area contributed by atoms with Gasteiger partial charge in [0.1, 0.15) is 11.6 Å². The number of benzene rings is 1. The summed E-state index contributed by atoms with van der Waals surface area (Å²) in [5, 5.41) is 0.636. The number of rotatable bonds is 3. The van der Waals surface area contributed by atoms with E-state index >= 15 is 0 Å². The lowest BCUT2D eigenvalue weighted by atomic mass is 9.86. The highest BCUT2D eigenvalue weighted by Crippen LogP contribution is 2.30. The van der Waals surface area contributed by atoms with Gasteiger partial charge in [0.2, 0.25) is 0 Å². The Kier molecular flexibility index (Phi) is 3.01. The SMILES string of the molecule is Cc1c(OCC2CCC2)c2cc(F)ccc2[nH]c1=O. The number of aromatic amines is 1. The zero-order chi connectivity index (χ0) is 13.4. The van der Waals surface area contributed by atoms with E-state index in [0.29, 0.717) is 34.7 Å². The Morgan fingerprint density at radius 1 is 1.42 bits per heavy atom. The highest BCUT2D eigenvalue weighted by molar-refractivity contribution is 5.86. The first kappa shape index (κ1) is 12.2. The van der Waals surface area contributed by atoms with Crippen molar-refractivity contribution in [1.82, 2.24) is 4.98 Å². The highest BCUT2D eigenvalue weighted by Gasteiger charge is 2.19. The fourth-order valence-electron chi connectivity index (χ4n) is 2.38. The van der Waals surface area contributed by atoms with E-state index in [-0.39, 0.29) is 11.4 Å². The lowest BCUT2D eigenvalue weighted by molar-refractivity contribution is 0.181. The van der Waals surface area contributed by atoms with Gasteiger partial charge in [-0.15, -0.1) is 0 Å². The molecule has 3 nitrogen and oxygen atoms in total. The fraction of sp³-hybridized carbons (Fsp3) is 0.400. The summed E-state index contributed by atoms with van der Waals surface area (Å²) in [4.78, 5) is 14.6. The maximum Gasteiger partial charge on any atom is 0.255 e. The summed E-state index contributed by atoms with van der Waals surface area (Å²) >= 11 is 0. The first-order valence-corrected chi connectivity index (χ1v) is 6.60. The van der Waals surface area contributed by atoms with Crippen LogP contribution in [-0.2, 0) is 0 Å². The minimum atomic E-state index is -0.326. The number of nitrogens with one attached hydrogen (secondary N) is 1. The first-order chi connectivity index (χ1) is 9.15. The maximum absolute atomic E-state index is 13.4. The quantitative estimate of drug-likeness (QED) is 0.922. The van der Waals surface area contributed by atoms with Crippen molar-refractivity contribution in [3.05, 3.63) is 39.9 Å². The fourth-order valence-corrected chi connectivity index (χ4v) is 2.38. The highest BCUT2D eigenvalue weighted by atomic mass is 19.1. The number of H-pyrrole nitrogens is 1. The second-order valence-corrected chi connectivity index (χ2v) is 5.21. The van der Waals surface area contributed by atoms with E-state index in [1.165, 1.54) is 31.4 Å². The van der Waals surface area contributed by atoms with Gasteiger partial charge in [0, 0.05) is 5.39 Å². The van der Waals surface area contributed by atoms with Gasteiger partial charge in [-0.25, -0.2) is 4.39 Å². The van der Waals surface area contributed by atoms with Crippen LogP contribution in [0.15, 0.2) is 23.0 Å². The van der Waals surface area contributed by atoms with E-state index in [9.17, 15) is 9.18 Å². The standard InChI is InChI=1S/C15H16FNO2/c1-9-14(19-8-10-3-2-4-10)12-7-11(16)5-6-13(12)17-15(9)18/h5-7,10H,2-4,8H2,1H3,(H,17,18). The van der Waals surface area contributed by atoms with E-state index in [0.717, 1.165) is 0 Å². The summed E-state index contributed by atoms with van der Waals surface area (Å²) < 4.78 is 19.2. The molecule has 0 amide bonds. The summed E-state index contributed by atoms with van der Waals surface area (Å²) in [5.41, 5.74) is 0.945. The molecule has 1 aromatic carbocycles. The molecule has 1 aliphatic carbocycles. The van der Waals surface area contributed by atoms with Crippen LogP contribution in [0.5, 0.6) is 5.75 Å². The van der Waals surface area contributed by atoms with Crippen LogP contribution in [-0.4, -0.2) is 11.6 Å². The van der Waals surface area contributed by atoms with Crippen LogP contribution in [0.2, 0.25) is 0 Å². The van der Waals surface area contributed by atoms with Crippen LogP contribution >= 0.6 is 0 Å². The van der Waals surface area contributed by atoms with Crippen molar-refractivity contribution in [3.8, 4) is 5.75 Å². The van der Waals surface area contributed by atoms with Crippen LogP contribution in [0.3, 0.4) is 0 Å². The number of pyridine rings is 1. The molecule has 0 radical (unpaired) electrons. The molecule has 0 atom stereocenters. The second-order valence-electron chi connectivity index (χ2n) is 5.21. The summed E-state index contributed by atoms with van der Waals surface area (Å²) in [7, 11) is 0. The summed E-state index contributed by atoms with van der Waals surface area (Å²) in [5.74, 6) is 0.764. The van der Waals surface area contributed by atoms with Gasteiger partial charge in [-0.1, -0.05) is 6.42 Å². The topological polar surface area (TPSA) is 42.1 Å². The zero-order valence-corrected chi connectivity index (χ0v) is 10.8. The molecule has 0 spiro atoms. The lowest BCUT2D eigenvalue weighted by Crippen LogP contribution is -2.21. The van der Waals surface area contributed by atoms with Gasteiger partial charge in [0.15, 0.2) is 0 Å². The minimum absolute atomic E-state index is 0.178. The Hall–Kier alpha value is -1.84. The Morgan fingerprint density at radius 2 is 2.21 bits per heavy atom. The van der Waals surface area contributed by atoms with E-state index in [2.05, 4.69) is 4.98 Å². The molecule has 100 valence electrons. The third kappa shape index (κ3) is 2.23. The maximum atomic E-state index is 13.4. The van der Waals surface area contributed by atoms with E-state index in [4.69, 9.17) is 4.74 Å². The molecule has 1 fully saturated rings. The van der Waals surface area contributed by atoms with Gasteiger partial charge in [-0.05, 0) is 43.9 Å². The van der Waals surface area contributed by atoms with Crippen LogP contribution in [0.25, 0.3) is 10.9 Å². The number of ether oxygens (including phenoxy) is 1. The van der Waals surface area contributed by atoms with Crippen LogP contribution in [0.1, 0.15) is 24.8 Å². The number of halogens is 1. The molecular formula is C15H16FNO2. The van der Waals surface area contributed by atoms with Crippen molar-refractivity contribution >= 4 is 10.9 Å². The lowest BCUT2D eigenvalue weighted by Gasteiger charge is -2.25. The molecule has 3 rings (SSSR count). The summed E-state index contributed by atoms with van der Waals surface area (Å²) in [6, 6.07) is 4.32. The normalized spacial score (nSPS) is 15.5. The van der Waals surface area contributed by atoms with E-state index in [1.54, 1.807) is 13.0 Å². The molecule has 1 aromatic heterocycles. The van der Waals surface area contributed by atoms with Gasteiger partial charge in [0.05, 0.1) is 17.7 Å². The monoisotopic (exact) mass is 261 g/mol. The Balaban J connectivity index is 2.05. The van der Waals surface area contributed by atoms with Crippen molar-refractivity contribution in [2.24, 2.45) is 5.92 Å². The van der Waals surface area contributed by atoms with E-state index < -0.39 is 0 Å². The molecule has 0 saturated heterocycles. The van der Waals surface area contributed by atoms with Crippen molar-refractivity contribution in [2.45, 2.75) is 26.2 Å². The third-order valence-electron chi connectivity index (χ3n) is 3.84. The largest absolute Gasteiger partial charge is 0.492 e. The van der Waals surface area contributed by atoms with Crippen molar-refractivity contribution in [2.75, 3.05) is 6.61 Å².